The van der Waals surface area contributed by atoms with Gasteiger partial charge >= 0.3 is 0 Å². The summed E-state index contributed by atoms with van der Waals surface area (Å²) in [7, 11) is -0.565. The molecule has 0 aromatic rings. The van der Waals surface area contributed by atoms with Gasteiger partial charge < -0.3 is 10.2 Å². The maximum atomic E-state index is 9.52. The summed E-state index contributed by atoms with van der Waals surface area (Å²) in [6, 6.07) is 0. The molecule has 0 aromatic heterocycles. The second-order valence-corrected chi connectivity index (χ2v) is 5.83. The minimum absolute atomic E-state index is 0.519. The largest absolute Gasteiger partial charge is 0.390 e. The lowest BCUT2D eigenvalue weighted by atomic mass is 10.0. The van der Waals surface area contributed by atoms with Crippen molar-refractivity contribution >= 4 is 8.80 Å². The first kappa shape index (κ1) is 8.97. The van der Waals surface area contributed by atoms with Gasteiger partial charge in [0.25, 0.3) is 0 Å². The monoisotopic (exact) mass is 171 g/mol. The van der Waals surface area contributed by atoms with E-state index in [-0.39, 0.29) is 0 Å². The predicted molar refractivity (Wildman–Crippen MR) is 46.8 cm³/mol. The van der Waals surface area contributed by atoms with Crippen molar-refractivity contribution in [2.24, 2.45) is 0 Å². The number of hydrogen-bond acceptors (Lipinski definition) is 2. The first-order valence-electron chi connectivity index (χ1n) is 3.99. The van der Waals surface area contributed by atoms with Crippen molar-refractivity contribution in [1.29, 1.82) is 0 Å². The fourth-order valence-electron chi connectivity index (χ4n) is 1.40. The van der Waals surface area contributed by atoms with Gasteiger partial charge in [-0.25, -0.2) is 0 Å². The molecule has 1 aliphatic carbocycles. The van der Waals surface area contributed by atoms with E-state index in [9.17, 15) is 10.2 Å². The van der Waals surface area contributed by atoms with Gasteiger partial charge in [0, 0.05) is 0 Å². The predicted octanol–water partition coefficient (Wildman–Crippen LogP) is 0.722. The average molecular weight is 171 g/mol. The van der Waals surface area contributed by atoms with Crippen molar-refractivity contribution in [2.45, 2.75) is 38.1 Å². The molecule has 63 valence electrons. The molecule has 0 bridgehead atoms. The van der Waals surface area contributed by atoms with Crippen LogP contribution < -0.4 is 0 Å². The molecule has 2 atom stereocenters. The van der Waals surface area contributed by atoms with E-state index in [1.54, 1.807) is 0 Å². The third-order valence-corrected chi connectivity index (χ3v) is 3.74. The highest BCUT2D eigenvalue weighted by Crippen LogP contribution is 2.20. The summed E-state index contributed by atoms with van der Waals surface area (Å²) in [6.07, 6.45) is 2.62. The van der Waals surface area contributed by atoms with Gasteiger partial charge in [-0.1, -0.05) is 24.4 Å². The molecule has 0 aliphatic heterocycles. The van der Waals surface area contributed by atoms with E-state index in [4.69, 9.17) is 0 Å². The van der Waals surface area contributed by atoms with E-state index < -0.39 is 21.0 Å². The maximum Gasteiger partial charge on any atom is 0.0972 e. The van der Waals surface area contributed by atoms with Crippen LogP contribution in [0.15, 0.2) is 11.3 Å². The Kier molecular flexibility index (Phi) is 2.87. The van der Waals surface area contributed by atoms with Gasteiger partial charge in [-0.15, -0.1) is 0 Å². The van der Waals surface area contributed by atoms with Crippen LogP contribution in [0.5, 0.6) is 0 Å². The fraction of sp³-hybridized carbons (Fsp3) is 0.750. The molecular weight excluding hydrogens is 156 g/mol. The van der Waals surface area contributed by atoms with Crippen LogP contribution in [0.25, 0.3) is 0 Å². The summed E-state index contributed by atoms with van der Waals surface area (Å²) >= 11 is 0. The van der Waals surface area contributed by atoms with E-state index in [0.29, 0.717) is 6.42 Å². The van der Waals surface area contributed by atoms with E-state index in [1.165, 1.54) is 0 Å². The molecule has 0 saturated heterocycles. The zero-order chi connectivity index (χ0) is 8.43. The number of hydrogen-bond donors (Lipinski definition) is 2. The third-order valence-electron chi connectivity index (χ3n) is 2.09. The lowest BCUT2D eigenvalue weighted by Crippen LogP contribution is -2.35. The molecule has 2 N–H and O–H groups in total. The summed E-state index contributed by atoms with van der Waals surface area (Å²) < 4.78 is 0. The highest BCUT2D eigenvalue weighted by atomic mass is 28.3. The highest BCUT2D eigenvalue weighted by Gasteiger charge is 2.25. The highest BCUT2D eigenvalue weighted by molar-refractivity contribution is 6.64. The van der Waals surface area contributed by atoms with Gasteiger partial charge in [-0.3, -0.25) is 0 Å². The molecular formula is C8H15O2Si. The van der Waals surface area contributed by atoms with Gasteiger partial charge in [0.1, 0.15) is 0 Å². The van der Waals surface area contributed by atoms with E-state index in [1.807, 2.05) is 0 Å². The van der Waals surface area contributed by atoms with Crippen molar-refractivity contribution < 1.29 is 10.2 Å². The van der Waals surface area contributed by atoms with Crippen molar-refractivity contribution in [3.63, 3.8) is 0 Å². The molecule has 0 unspecified atom stereocenters. The van der Waals surface area contributed by atoms with Gasteiger partial charge in [0.05, 0.1) is 21.0 Å². The minimum atomic E-state index is -0.576. The standard InChI is InChI=1S/C8H15O2Si/c1-11(2)7-5-3-4-6(9)8(7)10/h5-6,8-10H,3-4H2,1-2H3/t6-,8-/m0/s1. The van der Waals surface area contributed by atoms with Crippen LogP contribution in [0.1, 0.15) is 12.8 Å². The second kappa shape index (κ2) is 3.52. The third kappa shape index (κ3) is 1.92. The summed E-state index contributed by atoms with van der Waals surface area (Å²) in [5.74, 6) is 0. The van der Waals surface area contributed by atoms with Gasteiger partial charge in [-0.2, -0.15) is 0 Å². The first-order chi connectivity index (χ1) is 5.13. The molecule has 1 aliphatic rings. The maximum absolute atomic E-state index is 9.52. The molecule has 11 heavy (non-hydrogen) atoms. The van der Waals surface area contributed by atoms with Gasteiger partial charge in [-0.05, 0) is 12.8 Å². The van der Waals surface area contributed by atoms with Crippen LogP contribution in [0.4, 0.5) is 0 Å². The zero-order valence-electron chi connectivity index (χ0n) is 7.04. The summed E-state index contributed by atoms with van der Waals surface area (Å²) in [4.78, 5) is 0. The molecule has 0 saturated carbocycles. The first-order valence-corrected chi connectivity index (χ1v) is 6.49. The van der Waals surface area contributed by atoms with Crippen molar-refractivity contribution in [3.05, 3.63) is 11.3 Å². The fourth-order valence-corrected chi connectivity index (χ4v) is 2.73. The molecule has 1 radical (unpaired) electrons. The molecule has 0 heterocycles. The number of aliphatic hydroxyl groups excluding tert-OH is 2. The Bertz CT molecular complexity index is 165. The van der Waals surface area contributed by atoms with Crippen LogP contribution in [0.2, 0.25) is 13.1 Å². The smallest absolute Gasteiger partial charge is 0.0972 e. The SMILES string of the molecule is C[Si](C)C1=CCC[C@H](O)[C@@H]1O. The molecule has 2 nitrogen and oxygen atoms in total. The number of allylic oxidation sites excluding steroid dienone is 1. The quantitative estimate of drug-likeness (QED) is 0.571. The lowest BCUT2D eigenvalue weighted by Gasteiger charge is -2.26. The van der Waals surface area contributed by atoms with Crippen LogP contribution in [0, 0.1) is 0 Å². The summed E-state index contributed by atoms with van der Waals surface area (Å²) in [5, 5.41) is 19.9. The van der Waals surface area contributed by atoms with Crippen molar-refractivity contribution in [1.82, 2.24) is 0 Å². The molecule has 1 rings (SSSR count). The molecule has 0 aromatic carbocycles. The number of rotatable bonds is 1. The van der Waals surface area contributed by atoms with Crippen molar-refractivity contribution in [3.8, 4) is 0 Å². The Balaban J connectivity index is 2.70. The minimum Gasteiger partial charge on any atom is -0.390 e. The topological polar surface area (TPSA) is 40.5 Å². The molecule has 0 spiro atoms. The Hall–Kier alpha value is -0.123. The molecule has 0 fully saturated rings. The zero-order valence-corrected chi connectivity index (χ0v) is 8.04. The van der Waals surface area contributed by atoms with Crippen LogP contribution in [-0.2, 0) is 0 Å². The molecule has 3 heteroatoms. The van der Waals surface area contributed by atoms with Gasteiger partial charge in [0.2, 0.25) is 0 Å². The van der Waals surface area contributed by atoms with E-state index in [0.717, 1.165) is 11.6 Å². The van der Waals surface area contributed by atoms with E-state index >= 15 is 0 Å². The van der Waals surface area contributed by atoms with Crippen LogP contribution >= 0.6 is 0 Å². The Morgan fingerprint density at radius 3 is 2.55 bits per heavy atom. The summed E-state index contributed by atoms with van der Waals surface area (Å²) in [6.45, 7) is 4.27. The van der Waals surface area contributed by atoms with Gasteiger partial charge in [0.15, 0.2) is 0 Å². The number of aliphatic hydroxyl groups is 2. The lowest BCUT2D eigenvalue weighted by molar-refractivity contribution is 0.0355. The van der Waals surface area contributed by atoms with Crippen LogP contribution in [0.3, 0.4) is 0 Å². The summed E-state index contributed by atoms with van der Waals surface area (Å²) in [5.41, 5.74) is 0. The average Bonchev–Trinajstić information content (AvgIpc) is 1.94. The van der Waals surface area contributed by atoms with E-state index in [2.05, 4.69) is 19.2 Å². The normalized spacial score (nSPS) is 32.3. The second-order valence-electron chi connectivity index (χ2n) is 3.25. The Labute approximate surface area is 69.2 Å². The molecule has 0 amide bonds. The van der Waals surface area contributed by atoms with Crippen LogP contribution in [-0.4, -0.2) is 31.2 Å². The Morgan fingerprint density at radius 1 is 1.45 bits per heavy atom. The Morgan fingerprint density at radius 2 is 2.09 bits per heavy atom. The van der Waals surface area contributed by atoms with Crippen molar-refractivity contribution in [2.75, 3.05) is 0 Å².